The number of hydrogen-bond acceptors (Lipinski definition) is 2. The average molecular weight is 272 g/mol. The lowest BCUT2D eigenvalue weighted by molar-refractivity contribution is 0.629. The minimum Gasteiger partial charge on any atom is -0.333 e. The van der Waals surface area contributed by atoms with Gasteiger partial charge in [-0.05, 0) is 30.7 Å². The van der Waals surface area contributed by atoms with Crippen LogP contribution in [0.5, 0.6) is 0 Å². The Bertz CT molecular complexity index is 704. The van der Waals surface area contributed by atoms with Crippen LogP contribution >= 0.6 is 11.8 Å². The molecule has 0 amide bonds. The number of nitrogens with one attached hydrogen (secondary N) is 1. The van der Waals surface area contributed by atoms with Crippen LogP contribution in [0.4, 0.5) is 4.39 Å². The van der Waals surface area contributed by atoms with Crippen molar-refractivity contribution in [1.82, 2.24) is 9.97 Å². The number of nitrogens with zero attached hydrogens (tertiary/aromatic N) is 1. The monoisotopic (exact) mass is 272 g/mol. The summed E-state index contributed by atoms with van der Waals surface area (Å²) in [4.78, 5) is 7.56. The zero-order valence-corrected chi connectivity index (χ0v) is 11.3. The normalized spacial score (nSPS) is 11.1. The molecule has 19 heavy (non-hydrogen) atoms. The van der Waals surface area contributed by atoms with Gasteiger partial charge in [-0.15, -0.1) is 0 Å². The van der Waals surface area contributed by atoms with Gasteiger partial charge in [0.2, 0.25) is 0 Å². The summed E-state index contributed by atoms with van der Waals surface area (Å²) < 4.78 is 13.1. The van der Waals surface area contributed by atoms with Gasteiger partial charge in [0.1, 0.15) is 5.82 Å². The molecule has 0 bridgehead atoms. The van der Waals surface area contributed by atoms with Crippen LogP contribution in [0.2, 0.25) is 0 Å². The predicted octanol–water partition coefficient (Wildman–Crippen LogP) is 4.30. The third kappa shape index (κ3) is 2.79. The van der Waals surface area contributed by atoms with Gasteiger partial charge in [-0.2, -0.15) is 0 Å². The van der Waals surface area contributed by atoms with Gasteiger partial charge in [-0.25, -0.2) is 9.37 Å². The highest BCUT2D eigenvalue weighted by Gasteiger charge is 2.04. The number of aromatic nitrogens is 2. The number of fused-ring (bicyclic) bond motifs is 1. The molecule has 0 fully saturated rings. The van der Waals surface area contributed by atoms with Crippen molar-refractivity contribution in [3.8, 4) is 0 Å². The Balaban J connectivity index is 1.76. The molecule has 0 aliphatic heterocycles. The van der Waals surface area contributed by atoms with Gasteiger partial charge >= 0.3 is 0 Å². The standard InChI is InChI=1S/C15H13FN2S/c1-10-2-4-11(5-3-10)9-19-15-17-13-7-6-12(16)8-14(13)18-15/h2-8H,9H2,1H3,(H,17,18). The summed E-state index contributed by atoms with van der Waals surface area (Å²) in [6, 6.07) is 13.0. The lowest BCUT2D eigenvalue weighted by atomic mass is 10.2. The molecule has 3 rings (SSSR count). The molecule has 2 aromatic carbocycles. The molecule has 0 spiro atoms. The molecule has 0 atom stereocenters. The number of rotatable bonds is 3. The molecule has 1 N–H and O–H groups in total. The summed E-state index contributed by atoms with van der Waals surface area (Å²) in [7, 11) is 0. The van der Waals surface area contributed by atoms with Gasteiger partial charge in [0.25, 0.3) is 0 Å². The molecule has 96 valence electrons. The van der Waals surface area contributed by atoms with Crippen molar-refractivity contribution in [2.75, 3.05) is 0 Å². The molecule has 2 nitrogen and oxygen atoms in total. The summed E-state index contributed by atoms with van der Waals surface area (Å²) in [5, 5.41) is 0.821. The lowest BCUT2D eigenvalue weighted by Gasteiger charge is -1.99. The van der Waals surface area contributed by atoms with Crippen molar-refractivity contribution in [2.24, 2.45) is 0 Å². The van der Waals surface area contributed by atoms with Gasteiger partial charge in [0.05, 0.1) is 11.0 Å². The molecule has 3 aromatic rings. The van der Waals surface area contributed by atoms with Crippen LogP contribution in [0.15, 0.2) is 47.6 Å². The maximum atomic E-state index is 13.1. The van der Waals surface area contributed by atoms with Crippen LogP contribution in [0.3, 0.4) is 0 Å². The van der Waals surface area contributed by atoms with Crippen molar-refractivity contribution >= 4 is 22.8 Å². The first-order valence-corrected chi connectivity index (χ1v) is 7.03. The number of H-pyrrole nitrogens is 1. The van der Waals surface area contributed by atoms with E-state index in [1.807, 2.05) is 0 Å². The number of aromatic amines is 1. The first-order valence-electron chi connectivity index (χ1n) is 6.04. The van der Waals surface area contributed by atoms with Crippen molar-refractivity contribution < 1.29 is 4.39 Å². The molecule has 0 radical (unpaired) electrons. The zero-order valence-electron chi connectivity index (χ0n) is 10.5. The molecule has 0 unspecified atom stereocenters. The minimum atomic E-state index is -0.244. The van der Waals surface area contributed by atoms with Crippen LogP contribution in [-0.2, 0) is 5.75 Å². The van der Waals surface area contributed by atoms with E-state index in [1.54, 1.807) is 17.8 Å². The molecule has 0 saturated carbocycles. The highest BCUT2D eigenvalue weighted by molar-refractivity contribution is 7.98. The number of imidazole rings is 1. The summed E-state index contributed by atoms with van der Waals surface area (Å²) in [5.41, 5.74) is 4.05. The summed E-state index contributed by atoms with van der Waals surface area (Å²) in [6.07, 6.45) is 0. The van der Waals surface area contributed by atoms with E-state index < -0.39 is 0 Å². The van der Waals surface area contributed by atoms with Gasteiger partial charge in [-0.3, -0.25) is 0 Å². The van der Waals surface area contributed by atoms with Crippen LogP contribution in [0.25, 0.3) is 11.0 Å². The Hall–Kier alpha value is -1.81. The fourth-order valence-corrected chi connectivity index (χ4v) is 2.70. The number of halogens is 1. The Morgan fingerprint density at radius 3 is 2.74 bits per heavy atom. The Kier molecular flexibility index (Phi) is 3.25. The molecule has 0 aliphatic rings. The van der Waals surface area contributed by atoms with E-state index in [2.05, 4.69) is 41.2 Å². The van der Waals surface area contributed by atoms with Crippen LogP contribution in [-0.4, -0.2) is 9.97 Å². The SMILES string of the molecule is Cc1ccc(CSc2nc3ccc(F)cc3[nH]2)cc1. The topological polar surface area (TPSA) is 28.7 Å². The number of thioether (sulfide) groups is 1. The van der Waals surface area contributed by atoms with E-state index in [4.69, 9.17) is 0 Å². The molecule has 1 aromatic heterocycles. The first kappa shape index (κ1) is 12.2. The highest BCUT2D eigenvalue weighted by Crippen LogP contribution is 2.23. The molecule has 1 heterocycles. The quantitative estimate of drug-likeness (QED) is 0.720. The van der Waals surface area contributed by atoms with E-state index in [-0.39, 0.29) is 5.82 Å². The Morgan fingerprint density at radius 2 is 1.95 bits per heavy atom. The maximum Gasteiger partial charge on any atom is 0.166 e. The zero-order chi connectivity index (χ0) is 13.2. The molecule has 4 heteroatoms. The smallest absolute Gasteiger partial charge is 0.166 e. The van der Waals surface area contributed by atoms with E-state index in [9.17, 15) is 4.39 Å². The maximum absolute atomic E-state index is 13.1. The highest BCUT2D eigenvalue weighted by atomic mass is 32.2. The first-order chi connectivity index (χ1) is 9.20. The van der Waals surface area contributed by atoms with E-state index in [0.717, 1.165) is 21.9 Å². The van der Waals surface area contributed by atoms with Crippen LogP contribution in [0.1, 0.15) is 11.1 Å². The second-order valence-corrected chi connectivity index (χ2v) is 5.44. The van der Waals surface area contributed by atoms with Crippen molar-refractivity contribution in [3.05, 3.63) is 59.4 Å². The predicted molar refractivity (Wildman–Crippen MR) is 76.8 cm³/mol. The van der Waals surface area contributed by atoms with Gasteiger partial charge < -0.3 is 4.98 Å². The third-order valence-electron chi connectivity index (χ3n) is 2.92. The largest absolute Gasteiger partial charge is 0.333 e. The van der Waals surface area contributed by atoms with E-state index in [1.165, 1.54) is 23.3 Å². The van der Waals surface area contributed by atoms with E-state index in [0.29, 0.717) is 0 Å². The molecular formula is C15H13FN2S. The summed E-state index contributed by atoms with van der Waals surface area (Å²) in [6.45, 7) is 2.07. The average Bonchev–Trinajstić information content (AvgIpc) is 2.80. The fraction of sp³-hybridized carbons (Fsp3) is 0.133. The van der Waals surface area contributed by atoms with Crippen molar-refractivity contribution in [1.29, 1.82) is 0 Å². The Morgan fingerprint density at radius 1 is 1.16 bits per heavy atom. The summed E-state index contributed by atoms with van der Waals surface area (Å²) >= 11 is 1.62. The number of aryl methyl sites for hydroxylation is 1. The lowest BCUT2D eigenvalue weighted by Crippen LogP contribution is -1.82. The summed E-state index contributed by atoms with van der Waals surface area (Å²) in [5.74, 6) is 0.606. The number of hydrogen-bond donors (Lipinski definition) is 1. The minimum absolute atomic E-state index is 0.244. The van der Waals surface area contributed by atoms with E-state index >= 15 is 0 Å². The van der Waals surface area contributed by atoms with Gasteiger partial charge in [0, 0.05) is 5.75 Å². The second-order valence-electron chi connectivity index (χ2n) is 4.48. The Labute approximate surface area is 115 Å². The number of benzene rings is 2. The van der Waals surface area contributed by atoms with Gasteiger partial charge in [0.15, 0.2) is 5.16 Å². The van der Waals surface area contributed by atoms with Crippen LogP contribution < -0.4 is 0 Å². The van der Waals surface area contributed by atoms with Crippen molar-refractivity contribution in [2.45, 2.75) is 17.8 Å². The molecule has 0 saturated heterocycles. The molecule has 0 aliphatic carbocycles. The van der Waals surface area contributed by atoms with Gasteiger partial charge in [-0.1, -0.05) is 41.6 Å². The molecular weight excluding hydrogens is 259 g/mol. The third-order valence-corrected chi connectivity index (χ3v) is 3.86. The fourth-order valence-electron chi connectivity index (χ4n) is 1.86. The van der Waals surface area contributed by atoms with Crippen molar-refractivity contribution in [3.63, 3.8) is 0 Å². The second kappa shape index (κ2) is 5.05. The van der Waals surface area contributed by atoms with Crippen LogP contribution in [0, 0.1) is 12.7 Å².